The van der Waals surface area contributed by atoms with Gasteiger partial charge in [0, 0.05) is 18.5 Å². The maximum atomic E-state index is 11.9. The highest BCUT2D eigenvalue weighted by Gasteiger charge is 2.45. The molecule has 0 aliphatic carbocycles. The van der Waals surface area contributed by atoms with E-state index in [2.05, 4.69) is 12.2 Å². The summed E-state index contributed by atoms with van der Waals surface area (Å²) >= 11 is 0. The number of carbonyl (C=O) groups excluding carboxylic acids is 1. The summed E-state index contributed by atoms with van der Waals surface area (Å²) in [7, 11) is 0. The third-order valence-electron chi connectivity index (χ3n) is 3.36. The van der Waals surface area contributed by atoms with Gasteiger partial charge < -0.3 is 14.5 Å². The minimum Gasteiger partial charge on any atom is -0.472 e. The third kappa shape index (κ3) is 1.73. The van der Waals surface area contributed by atoms with E-state index in [1.54, 1.807) is 12.5 Å². The van der Waals surface area contributed by atoms with Gasteiger partial charge in [0.25, 0.3) is 0 Å². The molecule has 1 aliphatic heterocycles. The molecule has 0 saturated carbocycles. The molecular weight excluding hydrogens is 206 g/mol. The van der Waals surface area contributed by atoms with Crippen molar-refractivity contribution in [2.75, 3.05) is 19.7 Å². The molecule has 0 bridgehead atoms. The van der Waals surface area contributed by atoms with Crippen LogP contribution in [0.25, 0.3) is 0 Å². The first kappa shape index (κ1) is 11.2. The molecule has 1 aromatic rings. The molecule has 2 rings (SSSR count). The lowest BCUT2D eigenvalue weighted by Gasteiger charge is -2.27. The van der Waals surface area contributed by atoms with Crippen molar-refractivity contribution in [2.45, 2.75) is 19.3 Å². The van der Waals surface area contributed by atoms with Crippen LogP contribution in [-0.2, 0) is 14.9 Å². The fraction of sp³-hybridized carbons (Fsp3) is 0.583. The quantitative estimate of drug-likeness (QED) is 0.785. The smallest absolute Gasteiger partial charge is 0.311 e. The van der Waals surface area contributed by atoms with Gasteiger partial charge in [-0.15, -0.1) is 0 Å². The van der Waals surface area contributed by atoms with Crippen LogP contribution < -0.4 is 5.32 Å². The molecule has 1 aliphatic rings. The molecule has 1 saturated heterocycles. The van der Waals surface area contributed by atoms with E-state index in [0.29, 0.717) is 13.2 Å². The first-order valence-corrected chi connectivity index (χ1v) is 5.58. The summed E-state index contributed by atoms with van der Waals surface area (Å²) in [6.45, 7) is 5.77. The van der Waals surface area contributed by atoms with Crippen molar-refractivity contribution in [3.8, 4) is 0 Å². The van der Waals surface area contributed by atoms with E-state index in [1.165, 1.54) is 0 Å². The van der Waals surface area contributed by atoms with Gasteiger partial charge in [0.05, 0.1) is 25.1 Å². The number of hydrogen-bond donors (Lipinski definition) is 1. The Morgan fingerprint density at radius 3 is 3.19 bits per heavy atom. The van der Waals surface area contributed by atoms with E-state index in [9.17, 15) is 4.79 Å². The van der Waals surface area contributed by atoms with Crippen LogP contribution in [-0.4, -0.2) is 25.7 Å². The van der Waals surface area contributed by atoms with Crippen LogP contribution in [0, 0.1) is 5.92 Å². The van der Waals surface area contributed by atoms with Crippen molar-refractivity contribution < 1.29 is 13.9 Å². The van der Waals surface area contributed by atoms with E-state index in [1.807, 2.05) is 13.0 Å². The Balaban J connectivity index is 2.23. The fourth-order valence-corrected chi connectivity index (χ4v) is 2.30. The summed E-state index contributed by atoms with van der Waals surface area (Å²) < 4.78 is 10.2. The van der Waals surface area contributed by atoms with Crippen LogP contribution in [0.2, 0.25) is 0 Å². The summed E-state index contributed by atoms with van der Waals surface area (Å²) in [5.41, 5.74) is 0.828. The molecule has 0 aromatic carbocycles. The Bertz CT molecular complexity index is 360. The molecule has 1 N–H and O–H groups in total. The summed E-state index contributed by atoms with van der Waals surface area (Å²) in [6.07, 6.45) is 3.35. The Labute approximate surface area is 95.0 Å². The van der Waals surface area contributed by atoms with Gasteiger partial charge in [-0.3, -0.25) is 4.79 Å². The Morgan fingerprint density at radius 2 is 2.56 bits per heavy atom. The second kappa shape index (κ2) is 4.29. The first-order chi connectivity index (χ1) is 7.68. The van der Waals surface area contributed by atoms with Crippen LogP contribution in [0.1, 0.15) is 19.4 Å². The molecule has 2 unspecified atom stereocenters. The number of rotatable bonds is 3. The zero-order valence-corrected chi connectivity index (χ0v) is 9.66. The minimum absolute atomic E-state index is 0.129. The van der Waals surface area contributed by atoms with Crippen molar-refractivity contribution in [1.82, 2.24) is 5.32 Å². The monoisotopic (exact) mass is 223 g/mol. The number of furan rings is 1. The van der Waals surface area contributed by atoms with Gasteiger partial charge >= 0.3 is 5.97 Å². The Hall–Kier alpha value is -1.29. The minimum atomic E-state index is -0.223. The molecule has 4 nitrogen and oxygen atoms in total. The highest BCUT2D eigenvalue weighted by Crippen LogP contribution is 2.36. The van der Waals surface area contributed by atoms with Gasteiger partial charge in [-0.2, -0.15) is 0 Å². The van der Waals surface area contributed by atoms with Crippen LogP contribution >= 0.6 is 0 Å². The van der Waals surface area contributed by atoms with Crippen LogP contribution in [0.3, 0.4) is 0 Å². The SMILES string of the molecule is CCOC(=O)C1CNCC1(C)c1ccoc1. The molecule has 1 fully saturated rings. The third-order valence-corrected chi connectivity index (χ3v) is 3.36. The number of ether oxygens (including phenoxy) is 1. The molecule has 0 radical (unpaired) electrons. The Morgan fingerprint density at radius 1 is 1.75 bits per heavy atom. The average Bonchev–Trinajstić information content (AvgIpc) is 2.86. The summed E-state index contributed by atoms with van der Waals surface area (Å²) in [5.74, 6) is -0.263. The van der Waals surface area contributed by atoms with Gasteiger partial charge in [0.1, 0.15) is 0 Å². The summed E-state index contributed by atoms with van der Waals surface area (Å²) in [6, 6.07) is 1.92. The summed E-state index contributed by atoms with van der Waals surface area (Å²) in [5, 5.41) is 3.25. The molecule has 88 valence electrons. The number of esters is 1. The van der Waals surface area contributed by atoms with Gasteiger partial charge in [0.15, 0.2) is 0 Å². The normalized spacial score (nSPS) is 29.2. The van der Waals surface area contributed by atoms with E-state index < -0.39 is 0 Å². The first-order valence-electron chi connectivity index (χ1n) is 5.58. The van der Waals surface area contributed by atoms with Crippen molar-refractivity contribution in [3.63, 3.8) is 0 Å². The molecule has 2 atom stereocenters. The average molecular weight is 223 g/mol. The largest absolute Gasteiger partial charge is 0.472 e. The van der Waals surface area contributed by atoms with E-state index in [4.69, 9.17) is 9.15 Å². The molecule has 16 heavy (non-hydrogen) atoms. The molecule has 0 amide bonds. The van der Waals surface area contributed by atoms with E-state index in [-0.39, 0.29) is 17.3 Å². The maximum Gasteiger partial charge on any atom is 0.311 e. The lowest BCUT2D eigenvalue weighted by atomic mass is 9.75. The lowest BCUT2D eigenvalue weighted by Crippen LogP contribution is -2.37. The molecule has 0 spiro atoms. The van der Waals surface area contributed by atoms with Gasteiger partial charge in [-0.05, 0) is 18.6 Å². The second-order valence-corrected chi connectivity index (χ2v) is 4.37. The predicted octanol–water partition coefficient (Wildman–Crippen LogP) is 1.32. The molecular formula is C12H17NO3. The lowest BCUT2D eigenvalue weighted by molar-refractivity contribution is -0.149. The second-order valence-electron chi connectivity index (χ2n) is 4.37. The van der Waals surface area contributed by atoms with Crippen molar-refractivity contribution in [2.24, 2.45) is 5.92 Å². The summed E-state index contributed by atoms with van der Waals surface area (Å²) in [4.78, 5) is 11.9. The topological polar surface area (TPSA) is 51.5 Å². The maximum absolute atomic E-state index is 11.9. The zero-order chi connectivity index (χ0) is 11.6. The van der Waals surface area contributed by atoms with Crippen molar-refractivity contribution in [1.29, 1.82) is 0 Å². The number of hydrogen-bond acceptors (Lipinski definition) is 4. The van der Waals surface area contributed by atoms with Crippen LogP contribution in [0.4, 0.5) is 0 Å². The highest BCUT2D eigenvalue weighted by atomic mass is 16.5. The van der Waals surface area contributed by atoms with Gasteiger partial charge in [0.2, 0.25) is 0 Å². The molecule has 1 aromatic heterocycles. The van der Waals surface area contributed by atoms with Gasteiger partial charge in [-0.1, -0.05) is 6.92 Å². The van der Waals surface area contributed by atoms with E-state index >= 15 is 0 Å². The van der Waals surface area contributed by atoms with Crippen molar-refractivity contribution >= 4 is 5.97 Å². The molecule has 2 heterocycles. The standard InChI is InChI=1S/C12H17NO3/c1-3-16-11(14)10-6-13-8-12(10,2)9-4-5-15-7-9/h4-5,7,10,13H,3,6,8H2,1-2H3. The fourth-order valence-electron chi connectivity index (χ4n) is 2.30. The predicted molar refractivity (Wildman–Crippen MR) is 59.1 cm³/mol. The molecule has 4 heteroatoms. The number of nitrogens with one attached hydrogen (secondary N) is 1. The van der Waals surface area contributed by atoms with Crippen LogP contribution in [0.15, 0.2) is 23.0 Å². The Kier molecular flexibility index (Phi) is 3.01. The van der Waals surface area contributed by atoms with Gasteiger partial charge in [-0.25, -0.2) is 0 Å². The van der Waals surface area contributed by atoms with E-state index in [0.717, 1.165) is 12.1 Å². The highest BCUT2D eigenvalue weighted by molar-refractivity contribution is 5.75. The van der Waals surface area contributed by atoms with Crippen LogP contribution in [0.5, 0.6) is 0 Å². The number of carbonyl (C=O) groups is 1. The van der Waals surface area contributed by atoms with Crippen molar-refractivity contribution in [3.05, 3.63) is 24.2 Å². The zero-order valence-electron chi connectivity index (χ0n) is 9.66.